The number of hydrogen-bond donors (Lipinski definition) is 0. The first-order valence-corrected chi connectivity index (χ1v) is 6.24. The number of halogens is 1. The average Bonchev–Trinajstić information content (AvgIpc) is 2.73. The fourth-order valence-electron chi connectivity index (χ4n) is 2.70. The molecule has 3 aliphatic rings. The van der Waals surface area contributed by atoms with Crippen LogP contribution in [0.5, 0.6) is 0 Å². The van der Waals surface area contributed by atoms with Crippen LogP contribution < -0.4 is 0 Å². The van der Waals surface area contributed by atoms with Crippen LogP contribution in [0.2, 0.25) is 0 Å². The Morgan fingerprint density at radius 2 is 2.00 bits per heavy atom. The van der Waals surface area contributed by atoms with Crippen molar-refractivity contribution in [1.82, 2.24) is 0 Å². The minimum Gasteiger partial charge on any atom is -0.366 e. The maximum atomic E-state index is 6.11. The molecule has 1 unspecified atom stereocenters. The zero-order chi connectivity index (χ0) is 9.60. The molecule has 0 spiro atoms. The lowest BCUT2D eigenvalue weighted by molar-refractivity contribution is -0.00316. The number of ether oxygens (including phenoxy) is 1. The highest BCUT2D eigenvalue weighted by Crippen LogP contribution is 2.58. The van der Waals surface area contributed by atoms with Crippen LogP contribution in [-0.2, 0) is 4.74 Å². The molecule has 2 heteroatoms. The van der Waals surface area contributed by atoms with E-state index in [-0.39, 0.29) is 5.60 Å². The molecule has 0 amide bonds. The fraction of sp³-hybridized carbons (Fsp3) is 0.500. The summed E-state index contributed by atoms with van der Waals surface area (Å²) >= 11 is 3.55. The Balaban J connectivity index is 1.84. The Kier molecular flexibility index (Phi) is 1.96. The first kappa shape index (κ1) is 8.93. The Morgan fingerprint density at radius 1 is 1.29 bits per heavy atom. The van der Waals surface area contributed by atoms with Gasteiger partial charge < -0.3 is 4.74 Å². The highest BCUT2D eigenvalue weighted by molar-refractivity contribution is 9.09. The highest BCUT2D eigenvalue weighted by atomic mass is 79.9. The molecule has 0 radical (unpaired) electrons. The molecule has 1 aromatic carbocycles. The monoisotopic (exact) mass is 252 g/mol. The van der Waals surface area contributed by atoms with Crippen molar-refractivity contribution in [3.63, 3.8) is 0 Å². The molecule has 74 valence electrons. The van der Waals surface area contributed by atoms with Gasteiger partial charge in [0.1, 0.15) is 0 Å². The van der Waals surface area contributed by atoms with Crippen molar-refractivity contribution >= 4 is 15.9 Å². The molecule has 1 saturated carbocycles. The number of hydrogen-bond acceptors (Lipinski definition) is 1. The fourth-order valence-corrected chi connectivity index (χ4v) is 3.29. The van der Waals surface area contributed by atoms with E-state index in [0.29, 0.717) is 6.10 Å². The lowest BCUT2D eigenvalue weighted by Crippen LogP contribution is -2.37. The SMILES string of the molecule is BrCC12CC(C1)C(c1ccccc1)O2. The third-order valence-electron chi connectivity index (χ3n) is 3.45. The van der Waals surface area contributed by atoms with E-state index >= 15 is 0 Å². The van der Waals surface area contributed by atoms with Gasteiger partial charge in [-0.15, -0.1) is 0 Å². The number of alkyl halides is 1. The van der Waals surface area contributed by atoms with Crippen LogP contribution in [0.4, 0.5) is 0 Å². The predicted octanol–water partition coefficient (Wildman–Crippen LogP) is 3.30. The Hall–Kier alpha value is -0.340. The summed E-state index contributed by atoms with van der Waals surface area (Å²) in [7, 11) is 0. The lowest BCUT2D eigenvalue weighted by Gasteiger charge is -2.33. The summed E-state index contributed by atoms with van der Waals surface area (Å²) in [5.74, 6) is 0.759. The molecule has 2 bridgehead atoms. The second-order valence-electron chi connectivity index (χ2n) is 4.43. The third-order valence-corrected chi connectivity index (χ3v) is 4.47. The summed E-state index contributed by atoms with van der Waals surface area (Å²) in [5.41, 5.74) is 1.52. The van der Waals surface area contributed by atoms with Crippen molar-refractivity contribution in [3.8, 4) is 0 Å². The van der Waals surface area contributed by atoms with Crippen LogP contribution in [0.3, 0.4) is 0 Å². The first-order chi connectivity index (χ1) is 6.83. The minimum atomic E-state index is 0.172. The average molecular weight is 253 g/mol. The molecule has 2 aliphatic heterocycles. The molecule has 2 saturated heterocycles. The zero-order valence-electron chi connectivity index (χ0n) is 7.95. The van der Waals surface area contributed by atoms with Crippen molar-refractivity contribution in [1.29, 1.82) is 0 Å². The molecule has 1 nitrogen and oxygen atoms in total. The molecule has 1 aromatic rings. The Labute approximate surface area is 92.6 Å². The van der Waals surface area contributed by atoms with Gasteiger partial charge in [0.25, 0.3) is 0 Å². The number of rotatable bonds is 2. The maximum absolute atomic E-state index is 6.11. The van der Waals surface area contributed by atoms with Gasteiger partial charge in [0.05, 0.1) is 11.7 Å². The lowest BCUT2D eigenvalue weighted by atomic mass is 9.73. The van der Waals surface area contributed by atoms with E-state index in [1.807, 2.05) is 0 Å². The van der Waals surface area contributed by atoms with Gasteiger partial charge in [0, 0.05) is 5.33 Å². The molecule has 1 aliphatic carbocycles. The molecule has 0 N–H and O–H groups in total. The zero-order valence-corrected chi connectivity index (χ0v) is 9.53. The van der Waals surface area contributed by atoms with Gasteiger partial charge in [-0.2, -0.15) is 0 Å². The van der Waals surface area contributed by atoms with Gasteiger partial charge in [0.15, 0.2) is 0 Å². The van der Waals surface area contributed by atoms with Crippen LogP contribution in [-0.4, -0.2) is 10.9 Å². The molecular formula is C12H13BrO. The van der Waals surface area contributed by atoms with Gasteiger partial charge in [-0.05, 0) is 24.3 Å². The van der Waals surface area contributed by atoms with Crippen LogP contribution in [0.15, 0.2) is 30.3 Å². The summed E-state index contributed by atoms with van der Waals surface area (Å²) in [5, 5.41) is 0.986. The van der Waals surface area contributed by atoms with E-state index in [0.717, 1.165) is 11.2 Å². The normalized spacial score (nSPS) is 39.5. The van der Waals surface area contributed by atoms with Gasteiger partial charge in [0.2, 0.25) is 0 Å². The molecule has 14 heavy (non-hydrogen) atoms. The van der Waals surface area contributed by atoms with E-state index in [2.05, 4.69) is 46.3 Å². The highest BCUT2D eigenvalue weighted by Gasteiger charge is 2.57. The van der Waals surface area contributed by atoms with Crippen LogP contribution in [0.25, 0.3) is 0 Å². The molecule has 4 rings (SSSR count). The van der Waals surface area contributed by atoms with Crippen LogP contribution in [0.1, 0.15) is 24.5 Å². The van der Waals surface area contributed by atoms with Crippen molar-refractivity contribution in [2.45, 2.75) is 24.5 Å². The Bertz CT molecular complexity index is 329. The molecule has 3 fully saturated rings. The van der Waals surface area contributed by atoms with E-state index in [9.17, 15) is 0 Å². The predicted molar refractivity (Wildman–Crippen MR) is 59.5 cm³/mol. The van der Waals surface area contributed by atoms with Crippen molar-refractivity contribution in [2.24, 2.45) is 5.92 Å². The van der Waals surface area contributed by atoms with Crippen LogP contribution in [0, 0.1) is 5.92 Å². The number of benzene rings is 1. The smallest absolute Gasteiger partial charge is 0.0863 e. The van der Waals surface area contributed by atoms with Gasteiger partial charge >= 0.3 is 0 Å². The summed E-state index contributed by atoms with van der Waals surface area (Å²) in [6, 6.07) is 10.6. The Morgan fingerprint density at radius 3 is 2.57 bits per heavy atom. The molecule has 2 heterocycles. The van der Waals surface area contributed by atoms with E-state index in [4.69, 9.17) is 4.74 Å². The molecule has 1 atom stereocenters. The van der Waals surface area contributed by atoms with Crippen molar-refractivity contribution < 1.29 is 4.74 Å². The first-order valence-electron chi connectivity index (χ1n) is 5.12. The van der Waals surface area contributed by atoms with E-state index in [1.54, 1.807) is 0 Å². The summed E-state index contributed by atoms with van der Waals surface area (Å²) in [6.07, 6.45) is 2.82. The standard InChI is InChI=1S/C12H13BrO/c13-8-12-6-10(7-12)11(14-12)9-4-2-1-3-5-9/h1-5,10-11H,6-8H2. The second-order valence-corrected chi connectivity index (χ2v) is 4.99. The molecule has 0 aromatic heterocycles. The van der Waals surface area contributed by atoms with Crippen LogP contribution >= 0.6 is 15.9 Å². The second kappa shape index (κ2) is 3.07. The third kappa shape index (κ3) is 1.17. The van der Waals surface area contributed by atoms with E-state index in [1.165, 1.54) is 18.4 Å². The minimum absolute atomic E-state index is 0.172. The van der Waals surface area contributed by atoms with Gasteiger partial charge in [-0.1, -0.05) is 46.3 Å². The molecular weight excluding hydrogens is 240 g/mol. The summed E-state index contributed by atoms with van der Waals surface area (Å²) < 4.78 is 6.11. The quantitative estimate of drug-likeness (QED) is 0.735. The van der Waals surface area contributed by atoms with Crippen molar-refractivity contribution in [3.05, 3.63) is 35.9 Å². The van der Waals surface area contributed by atoms with E-state index < -0.39 is 0 Å². The summed E-state index contributed by atoms with van der Waals surface area (Å²) in [4.78, 5) is 0. The topological polar surface area (TPSA) is 9.23 Å². The van der Waals surface area contributed by atoms with Gasteiger partial charge in [-0.25, -0.2) is 0 Å². The maximum Gasteiger partial charge on any atom is 0.0863 e. The largest absolute Gasteiger partial charge is 0.366 e. The summed E-state index contributed by atoms with van der Waals surface area (Å²) in [6.45, 7) is 0. The van der Waals surface area contributed by atoms with Gasteiger partial charge in [-0.3, -0.25) is 0 Å². The number of fused-ring (bicyclic) bond motifs is 1. The van der Waals surface area contributed by atoms with Crippen molar-refractivity contribution in [2.75, 3.05) is 5.33 Å².